The molecule has 0 spiro atoms. The number of amides is 1. The van der Waals surface area contributed by atoms with Crippen molar-refractivity contribution < 1.29 is 4.79 Å². The Morgan fingerprint density at radius 2 is 2.41 bits per heavy atom. The summed E-state index contributed by atoms with van der Waals surface area (Å²) in [5, 5.41) is 16.9. The Morgan fingerprint density at radius 3 is 3.06 bits per heavy atom. The van der Waals surface area contributed by atoms with Crippen LogP contribution in [0.2, 0.25) is 0 Å². The molecule has 0 aliphatic carbocycles. The van der Waals surface area contributed by atoms with Crippen molar-refractivity contribution in [3.05, 3.63) is 30.1 Å². The lowest BCUT2D eigenvalue weighted by Gasteiger charge is -2.10. The van der Waals surface area contributed by atoms with Crippen LogP contribution in [0, 0.1) is 0 Å². The summed E-state index contributed by atoms with van der Waals surface area (Å²) >= 11 is 0. The van der Waals surface area contributed by atoms with E-state index in [2.05, 4.69) is 25.7 Å². The third kappa shape index (κ3) is 2.49. The highest BCUT2D eigenvalue weighted by molar-refractivity contribution is 5.93. The lowest BCUT2D eigenvalue weighted by molar-refractivity contribution is 0.0949. The van der Waals surface area contributed by atoms with Gasteiger partial charge in [0.1, 0.15) is 6.33 Å². The van der Waals surface area contributed by atoms with Gasteiger partial charge in [0.15, 0.2) is 5.82 Å². The van der Waals surface area contributed by atoms with Crippen LogP contribution in [0.4, 0.5) is 0 Å². The predicted molar refractivity (Wildman–Crippen MR) is 60.2 cm³/mol. The summed E-state index contributed by atoms with van der Waals surface area (Å²) in [6.07, 6.45) is 4.68. The van der Waals surface area contributed by atoms with Crippen molar-refractivity contribution in [3.8, 4) is 0 Å². The molecule has 0 saturated heterocycles. The number of carbonyl (C=O) groups is 1. The number of hydrogen-bond acceptors (Lipinski definition) is 4. The van der Waals surface area contributed by atoms with Gasteiger partial charge in [-0.15, -0.1) is 10.2 Å². The zero-order valence-electron chi connectivity index (χ0n) is 9.71. The Balaban J connectivity index is 1.98. The van der Waals surface area contributed by atoms with Crippen LogP contribution in [0.3, 0.4) is 0 Å². The Labute approximate surface area is 98.2 Å². The molecule has 0 atom stereocenters. The minimum atomic E-state index is -0.183. The van der Waals surface area contributed by atoms with Gasteiger partial charge in [-0.3, -0.25) is 9.89 Å². The number of H-pyrrole nitrogens is 1. The first-order valence-corrected chi connectivity index (χ1v) is 5.34. The van der Waals surface area contributed by atoms with Crippen LogP contribution in [-0.2, 0) is 6.54 Å². The SMILES string of the molecule is CC(C)n1cnnc1CNC(=O)c1cn[nH]c1. The van der Waals surface area contributed by atoms with Crippen molar-refractivity contribution in [1.82, 2.24) is 30.3 Å². The van der Waals surface area contributed by atoms with Crippen LogP contribution in [-0.4, -0.2) is 30.9 Å². The first kappa shape index (κ1) is 11.3. The average molecular weight is 234 g/mol. The molecule has 0 saturated carbocycles. The first-order valence-electron chi connectivity index (χ1n) is 5.34. The predicted octanol–water partition coefficient (Wildman–Crippen LogP) is 0.512. The van der Waals surface area contributed by atoms with Crippen LogP contribution in [0.15, 0.2) is 18.7 Å². The Hall–Kier alpha value is -2.18. The van der Waals surface area contributed by atoms with Gasteiger partial charge in [-0.1, -0.05) is 0 Å². The minimum Gasteiger partial charge on any atom is -0.345 e. The molecule has 7 nitrogen and oxygen atoms in total. The van der Waals surface area contributed by atoms with Gasteiger partial charge in [-0.05, 0) is 13.8 Å². The number of aromatic nitrogens is 5. The summed E-state index contributed by atoms with van der Waals surface area (Å²) in [5.41, 5.74) is 0.501. The summed E-state index contributed by atoms with van der Waals surface area (Å²) in [6, 6.07) is 0.269. The molecular weight excluding hydrogens is 220 g/mol. The number of nitrogens with zero attached hydrogens (tertiary/aromatic N) is 4. The van der Waals surface area contributed by atoms with Crippen LogP contribution in [0.1, 0.15) is 36.1 Å². The standard InChI is InChI=1S/C10H14N6O/c1-7(2)16-6-14-15-9(16)5-11-10(17)8-3-12-13-4-8/h3-4,6-7H,5H2,1-2H3,(H,11,17)(H,12,13). The maximum absolute atomic E-state index is 11.7. The third-order valence-electron chi connectivity index (χ3n) is 2.37. The molecule has 7 heteroatoms. The lowest BCUT2D eigenvalue weighted by Crippen LogP contribution is -2.24. The van der Waals surface area contributed by atoms with Gasteiger partial charge in [0, 0.05) is 12.2 Å². The molecule has 0 unspecified atom stereocenters. The van der Waals surface area contributed by atoms with Crippen molar-refractivity contribution in [3.63, 3.8) is 0 Å². The summed E-state index contributed by atoms with van der Waals surface area (Å²) < 4.78 is 1.91. The van der Waals surface area contributed by atoms with Crippen molar-refractivity contribution in [2.75, 3.05) is 0 Å². The average Bonchev–Trinajstić information content (AvgIpc) is 2.96. The van der Waals surface area contributed by atoms with Crippen molar-refractivity contribution >= 4 is 5.91 Å². The lowest BCUT2D eigenvalue weighted by atomic mass is 10.3. The van der Waals surface area contributed by atoms with Gasteiger partial charge < -0.3 is 9.88 Å². The van der Waals surface area contributed by atoms with E-state index in [1.54, 1.807) is 12.5 Å². The second kappa shape index (κ2) is 4.77. The molecule has 2 N–H and O–H groups in total. The molecule has 0 aromatic carbocycles. The van der Waals surface area contributed by atoms with Crippen molar-refractivity contribution in [2.45, 2.75) is 26.4 Å². The highest BCUT2D eigenvalue weighted by atomic mass is 16.1. The molecule has 2 aromatic heterocycles. The molecule has 0 radical (unpaired) electrons. The molecule has 17 heavy (non-hydrogen) atoms. The van der Waals surface area contributed by atoms with Crippen LogP contribution < -0.4 is 5.32 Å². The van der Waals surface area contributed by atoms with Gasteiger partial charge in [0.25, 0.3) is 5.91 Å². The van der Waals surface area contributed by atoms with E-state index in [-0.39, 0.29) is 11.9 Å². The third-order valence-corrected chi connectivity index (χ3v) is 2.37. The summed E-state index contributed by atoms with van der Waals surface area (Å²) in [4.78, 5) is 11.7. The fourth-order valence-corrected chi connectivity index (χ4v) is 1.46. The number of hydrogen-bond donors (Lipinski definition) is 2. The van der Waals surface area contributed by atoms with E-state index >= 15 is 0 Å². The zero-order valence-corrected chi connectivity index (χ0v) is 9.71. The van der Waals surface area contributed by atoms with Crippen LogP contribution >= 0.6 is 0 Å². The van der Waals surface area contributed by atoms with E-state index in [0.717, 1.165) is 5.82 Å². The van der Waals surface area contributed by atoms with E-state index in [9.17, 15) is 4.79 Å². The molecular formula is C10H14N6O. The van der Waals surface area contributed by atoms with E-state index in [0.29, 0.717) is 12.1 Å². The highest BCUT2D eigenvalue weighted by Crippen LogP contribution is 2.06. The van der Waals surface area contributed by atoms with E-state index in [1.165, 1.54) is 6.20 Å². The van der Waals surface area contributed by atoms with Crippen molar-refractivity contribution in [1.29, 1.82) is 0 Å². The zero-order chi connectivity index (χ0) is 12.3. The maximum Gasteiger partial charge on any atom is 0.254 e. The smallest absolute Gasteiger partial charge is 0.254 e. The number of aromatic amines is 1. The molecule has 0 fully saturated rings. The molecule has 90 valence electrons. The Morgan fingerprint density at radius 1 is 1.59 bits per heavy atom. The van der Waals surface area contributed by atoms with Crippen molar-refractivity contribution in [2.24, 2.45) is 0 Å². The molecule has 2 heterocycles. The van der Waals surface area contributed by atoms with Crippen LogP contribution in [0.5, 0.6) is 0 Å². The van der Waals surface area contributed by atoms with Gasteiger partial charge >= 0.3 is 0 Å². The normalized spacial score (nSPS) is 10.8. The molecule has 2 aromatic rings. The number of carbonyl (C=O) groups excluding carboxylic acids is 1. The second-order valence-electron chi connectivity index (χ2n) is 3.92. The van der Waals surface area contributed by atoms with E-state index < -0.39 is 0 Å². The number of rotatable bonds is 4. The molecule has 1 amide bonds. The summed E-state index contributed by atoms with van der Waals surface area (Å²) in [7, 11) is 0. The van der Waals surface area contributed by atoms with Gasteiger partial charge in [0.05, 0.1) is 18.3 Å². The fraction of sp³-hybridized carbons (Fsp3) is 0.400. The minimum absolute atomic E-state index is 0.183. The van der Waals surface area contributed by atoms with Gasteiger partial charge in [-0.25, -0.2) is 0 Å². The molecule has 0 aliphatic rings. The largest absolute Gasteiger partial charge is 0.345 e. The summed E-state index contributed by atoms with van der Waals surface area (Å²) in [5.74, 6) is 0.550. The first-order chi connectivity index (χ1) is 8.18. The van der Waals surface area contributed by atoms with E-state index in [4.69, 9.17) is 0 Å². The monoisotopic (exact) mass is 234 g/mol. The number of nitrogens with one attached hydrogen (secondary N) is 2. The highest BCUT2D eigenvalue weighted by Gasteiger charge is 2.10. The maximum atomic E-state index is 11.7. The van der Waals surface area contributed by atoms with E-state index in [1.807, 2.05) is 18.4 Å². The second-order valence-corrected chi connectivity index (χ2v) is 3.92. The quantitative estimate of drug-likeness (QED) is 0.806. The fourth-order valence-electron chi connectivity index (χ4n) is 1.46. The Kier molecular flexibility index (Phi) is 3.17. The van der Waals surface area contributed by atoms with Gasteiger partial charge in [-0.2, -0.15) is 5.10 Å². The van der Waals surface area contributed by atoms with Gasteiger partial charge in [0.2, 0.25) is 0 Å². The topological polar surface area (TPSA) is 88.5 Å². The molecule has 0 aliphatic heterocycles. The molecule has 2 rings (SSSR count). The summed E-state index contributed by atoms with van der Waals surface area (Å²) in [6.45, 7) is 4.41. The molecule has 0 bridgehead atoms. The van der Waals surface area contributed by atoms with Crippen LogP contribution in [0.25, 0.3) is 0 Å². The Bertz CT molecular complexity index is 487.